The molecule has 0 aromatic carbocycles. The molecule has 0 spiro atoms. The molecule has 0 aliphatic carbocycles. The lowest BCUT2D eigenvalue weighted by Gasteiger charge is -2.17. The van der Waals surface area contributed by atoms with Crippen LogP contribution in [0.25, 0.3) is 0 Å². The third kappa shape index (κ3) is 19.8. The zero-order valence-corrected chi connectivity index (χ0v) is 18.5. The summed E-state index contributed by atoms with van der Waals surface area (Å²) >= 11 is 0. The Morgan fingerprint density at radius 1 is 0.929 bits per heavy atom. The number of unbranched alkanes of at least 4 members (excludes halogenated alkanes) is 8. The number of carbonyl (C=O) groups excluding carboxylic acids is 1. The highest BCUT2D eigenvalue weighted by Gasteiger charge is 2.21. The van der Waals surface area contributed by atoms with Gasteiger partial charge in [-0.25, -0.2) is 4.57 Å². The van der Waals surface area contributed by atoms with Gasteiger partial charge < -0.3 is 15.1 Å². The Morgan fingerprint density at radius 2 is 1.50 bits per heavy atom. The van der Waals surface area contributed by atoms with E-state index in [1.165, 1.54) is 25.7 Å². The first kappa shape index (κ1) is 27.1. The maximum atomic E-state index is 11.8. The van der Waals surface area contributed by atoms with Gasteiger partial charge in [0.1, 0.15) is 6.23 Å². The maximum absolute atomic E-state index is 11.8. The molecule has 0 heterocycles. The lowest BCUT2D eigenvalue weighted by atomic mass is 10.1. The molecule has 0 aliphatic heterocycles. The summed E-state index contributed by atoms with van der Waals surface area (Å²) in [6.45, 7) is 3.92. The first-order chi connectivity index (χ1) is 13.4. The smallest absolute Gasteiger partial charge is 0.330 e. The molecule has 0 aromatic heterocycles. The lowest BCUT2D eigenvalue weighted by molar-refractivity contribution is -0.123. The highest BCUT2D eigenvalue weighted by atomic mass is 31.2. The molecule has 1 amide bonds. The van der Waals surface area contributed by atoms with Crippen molar-refractivity contribution in [2.24, 2.45) is 0 Å². The van der Waals surface area contributed by atoms with E-state index in [-0.39, 0.29) is 5.91 Å². The molecule has 6 nitrogen and oxygen atoms in total. The van der Waals surface area contributed by atoms with E-state index in [9.17, 15) is 9.36 Å². The second kappa shape index (κ2) is 18.1. The number of hydrogen-bond acceptors (Lipinski definition) is 3. The summed E-state index contributed by atoms with van der Waals surface area (Å²) in [5, 5.41) is 2.50. The summed E-state index contributed by atoms with van der Waals surface area (Å²) in [6.07, 6.45) is 21.1. The predicted molar refractivity (Wildman–Crippen MR) is 115 cm³/mol. The fraction of sp³-hybridized carbons (Fsp3) is 0.762. The van der Waals surface area contributed by atoms with Gasteiger partial charge in [0.25, 0.3) is 0 Å². The van der Waals surface area contributed by atoms with Gasteiger partial charge >= 0.3 is 7.82 Å². The van der Waals surface area contributed by atoms with E-state index < -0.39 is 14.1 Å². The third-order valence-corrected chi connectivity index (χ3v) is 4.84. The number of phosphoric ester groups is 1. The average molecular weight is 418 g/mol. The summed E-state index contributed by atoms with van der Waals surface area (Å²) in [4.78, 5) is 29.3. The molecule has 3 N–H and O–H groups in total. The molecule has 1 unspecified atom stereocenters. The minimum atomic E-state index is -4.58. The largest absolute Gasteiger partial charge is 0.471 e. The molecule has 0 saturated carbocycles. The summed E-state index contributed by atoms with van der Waals surface area (Å²) in [6, 6.07) is 0. The number of phosphoric acid groups is 1. The number of rotatable bonds is 18. The van der Waals surface area contributed by atoms with Crippen LogP contribution in [-0.4, -0.2) is 21.9 Å². The molecule has 0 fully saturated rings. The SMILES string of the molecule is CCCCC/C=C\C/C=C\CCCCCCCC(=O)NC(CC)OP(=O)(O)O. The molecule has 164 valence electrons. The molecule has 28 heavy (non-hydrogen) atoms. The van der Waals surface area contributed by atoms with Crippen LogP contribution in [0.15, 0.2) is 24.3 Å². The normalized spacial score (nSPS) is 13.4. The fourth-order valence-corrected chi connectivity index (χ4v) is 3.25. The van der Waals surface area contributed by atoms with Crippen molar-refractivity contribution in [2.45, 2.75) is 104 Å². The van der Waals surface area contributed by atoms with Gasteiger partial charge in [-0.05, 0) is 44.9 Å². The highest BCUT2D eigenvalue weighted by molar-refractivity contribution is 7.46. The number of hydrogen-bond donors (Lipinski definition) is 3. The summed E-state index contributed by atoms with van der Waals surface area (Å²) in [5.41, 5.74) is 0. The van der Waals surface area contributed by atoms with Crippen LogP contribution in [0.2, 0.25) is 0 Å². The van der Waals surface area contributed by atoms with E-state index >= 15 is 0 Å². The van der Waals surface area contributed by atoms with Crippen LogP contribution in [0.1, 0.15) is 97.3 Å². The van der Waals surface area contributed by atoms with Crippen molar-refractivity contribution < 1.29 is 23.7 Å². The predicted octanol–water partition coefficient (Wildman–Crippen LogP) is 5.76. The zero-order chi connectivity index (χ0) is 21.1. The number of amides is 1. The molecular weight excluding hydrogens is 377 g/mol. The van der Waals surface area contributed by atoms with Crippen molar-refractivity contribution in [1.29, 1.82) is 0 Å². The fourth-order valence-electron chi connectivity index (χ4n) is 2.72. The Morgan fingerprint density at radius 3 is 2.07 bits per heavy atom. The van der Waals surface area contributed by atoms with Gasteiger partial charge in [-0.3, -0.25) is 9.32 Å². The van der Waals surface area contributed by atoms with E-state index in [2.05, 4.69) is 41.1 Å². The first-order valence-corrected chi connectivity index (χ1v) is 12.2. The van der Waals surface area contributed by atoms with Crippen LogP contribution in [0, 0.1) is 0 Å². The lowest BCUT2D eigenvalue weighted by Crippen LogP contribution is -2.35. The molecule has 0 bridgehead atoms. The molecular formula is C21H40NO5P. The Kier molecular flexibility index (Phi) is 17.5. The van der Waals surface area contributed by atoms with Gasteiger partial charge in [-0.2, -0.15) is 0 Å². The van der Waals surface area contributed by atoms with Gasteiger partial charge in [-0.15, -0.1) is 0 Å². The van der Waals surface area contributed by atoms with Crippen molar-refractivity contribution in [3.8, 4) is 0 Å². The maximum Gasteiger partial charge on any atom is 0.471 e. The van der Waals surface area contributed by atoms with Gasteiger partial charge in [0, 0.05) is 6.42 Å². The van der Waals surface area contributed by atoms with Crippen LogP contribution in [-0.2, 0) is 13.9 Å². The zero-order valence-electron chi connectivity index (χ0n) is 17.6. The standard InChI is InChI=1S/C21H40NO5P/c1-3-5-6-7-8-9-10-11-12-13-14-15-16-17-18-19-20(23)22-21(4-2)27-28(24,25)26/h8-9,11-12,21H,3-7,10,13-19H2,1-2H3,(H,22,23)(H2,24,25,26)/b9-8-,12-11-. The quantitative estimate of drug-likeness (QED) is 0.114. The van der Waals surface area contributed by atoms with Gasteiger partial charge in [-0.1, -0.05) is 70.3 Å². The van der Waals surface area contributed by atoms with E-state index in [1.54, 1.807) is 6.92 Å². The van der Waals surface area contributed by atoms with Gasteiger partial charge in [0.05, 0.1) is 0 Å². The van der Waals surface area contributed by atoms with Crippen molar-refractivity contribution in [1.82, 2.24) is 5.32 Å². The second-order valence-corrected chi connectivity index (χ2v) is 8.23. The van der Waals surface area contributed by atoms with E-state index in [4.69, 9.17) is 9.79 Å². The van der Waals surface area contributed by atoms with Crippen LogP contribution >= 0.6 is 7.82 Å². The Labute approximate surface area is 171 Å². The number of carbonyl (C=O) groups is 1. The summed E-state index contributed by atoms with van der Waals surface area (Å²) < 4.78 is 15.3. The monoisotopic (exact) mass is 417 g/mol. The minimum absolute atomic E-state index is 0.231. The average Bonchev–Trinajstić information content (AvgIpc) is 2.63. The van der Waals surface area contributed by atoms with Crippen molar-refractivity contribution in [2.75, 3.05) is 0 Å². The van der Waals surface area contributed by atoms with Crippen LogP contribution in [0.5, 0.6) is 0 Å². The van der Waals surface area contributed by atoms with Gasteiger partial charge in [0.2, 0.25) is 5.91 Å². The second-order valence-electron chi connectivity index (χ2n) is 7.04. The van der Waals surface area contributed by atoms with Crippen molar-refractivity contribution in [3.05, 3.63) is 24.3 Å². The van der Waals surface area contributed by atoms with Gasteiger partial charge in [0.15, 0.2) is 0 Å². The van der Waals surface area contributed by atoms with Crippen LogP contribution in [0.3, 0.4) is 0 Å². The molecule has 0 aromatic rings. The van der Waals surface area contributed by atoms with Crippen molar-refractivity contribution in [3.63, 3.8) is 0 Å². The molecule has 0 rings (SSSR count). The molecule has 7 heteroatoms. The molecule has 0 aliphatic rings. The molecule has 0 saturated heterocycles. The van der Waals surface area contributed by atoms with E-state index in [1.807, 2.05) is 0 Å². The van der Waals surface area contributed by atoms with Crippen LogP contribution < -0.4 is 5.32 Å². The first-order valence-electron chi connectivity index (χ1n) is 10.7. The van der Waals surface area contributed by atoms with Crippen LogP contribution in [0.4, 0.5) is 0 Å². The Hall–Kier alpha value is -0.940. The number of nitrogens with one attached hydrogen (secondary N) is 1. The minimum Gasteiger partial charge on any atom is -0.330 e. The third-order valence-electron chi connectivity index (χ3n) is 4.31. The Bertz CT molecular complexity index is 487. The van der Waals surface area contributed by atoms with E-state index in [0.29, 0.717) is 12.8 Å². The van der Waals surface area contributed by atoms with Crippen molar-refractivity contribution >= 4 is 13.7 Å². The Balaban J connectivity index is 3.55. The highest BCUT2D eigenvalue weighted by Crippen LogP contribution is 2.37. The summed E-state index contributed by atoms with van der Waals surface area (Å²) in [7, 11) is -4.58. The molecule has 0 radical (unpaired) electrons. The number of allylic oxidation sites excluding steroid dienone is 4. The topological polar surface area (TPSA) is 95.9 Å². The molecule has 1 atom stereocenters. The summed E-state index contributed by atoms with van der Waals surface area (Å²) in [5.74, 6) is -0.231. The van der Waals surface area contributed by atoms with E-state index in [0.717, 1.165) is 44.9 Å².